The van der Waals surface area contributed by atoms with Crippen molar-refractivity contribution >= 4 is 69.4 Å². The van der Waals surface area contributed by atoms with E-state index in [1.54, 1.807) is 24.3 Å². The molecule has 9 nitrogen and oxygen atoms in total. The predicted molar refractivity (Wildman–Crippen MR) is 181 cm³/mol. The van der Waals surface area contributed by atoms with Crippen LogP contribution in [0.15, 0.2) is 65.6 Å². The number of halogens is 4. The lowest BCUT2D eigenvalue weighted by atomic mass is 10.0. The second kappa shape index (κ2) is 15.5. The zero-order valence-corrected chi connectivity index (χ0v) is 27.6. The first-order chi connectivity index (χ1) is 22.9. The Bertz CT molecular complexity index is 1750. The van der Waals surface area contributed by atoms with Crippen molar-refractivity contribution in [1.82, 2.24) is 9.80 Å². The smallest absolute Gasteiger partial charge is 0.417 e. The second-order valence-corrected chi connectivity index (χ2v) is 12.8. The SMILES string of the molecule is O=C(CCN1C(=O)/C(=C/c2cc(-c3ccc(C(F)(F)F)c(Cl)c3)ccc2OCCN2CCOCC2)SC1=S)Nc1ccc(C(=O)O)cc1. The Hall–Kier alpha value is -3.95. The third-order valence-corrected chi connectivity index (χ3v) is 9.22. The van der Waals surface area contributed by atoms with Crippen molar-refractivity contribution in [1.29, 1.82) is 0 Å². The maximum Gasteiger partial charge on any atom is 0.417 e. The lowest BCUT2D eigenvalue weighted by Crippen LogP contribution is -2.38. The molecule has 2 aliphatic rings. The zero-order chi connectivity index (χ0) is 34.4. The van der Waals surface area contributed by atoms with E-state index in [4.69, 9.17) is 38.4 Å². The Balaban J connectivity index is 1.33. The second-order valence-electron chi connectivity index (χ2n) is 10.8. The Kier molecular flexibility index (Phi) is 11.4. The molecule has 0 aliphatic carbocycles. The number of nitrogens with one attached hydrogen (secondary N) is 1. The number of ether oxygens (including phenoxy) is 2. The largest absolute Gasteiger partial charge is 0.492 e. The number of hydrogen-bond acceptors (Lipinski definition) is 8. The highest BCUT2D eigenvalue weighted by Gasteiger charge is 2.34. The van der Waals surface area contributed by atoms with E-state index >= 15 is 0 Å². The highest BCUT2D eigenvalue weighted by Crippen LogP contribution is 2.39. The number of thiocarbonyl (C=S) groups is 1. The number of carbonyl (C=O) groups excluding carboxylic acids is 2. The number of rotatable bonds is 11. The first-order valence-electron chi connectivity index (χ1n) is 14.7. The third-order valence-electron chi connectivity index (χ3n) is 7.52. The summed E-state index contributed by atoms with van der Waals surface area (Å²) in [6.45, 7) is 3.84. The van der Waals surface area contributed by atoms with E-state index in [9.17, 15) is 27.6 Å². The number of thioether (sulfide) groups is 1. The molecule has 2 heterocycles. The first kappa shape index (κ1) is 35.4. The number of benzene rings is 3. The van der Waals surface area contributed by atoms with Gasteiger partial charge in [0.1, 0.15) is 16.7 Å². The Morgan fingerprint density at radius 1 is 1.04 bits per heavy atom. The summed E-state index contributed by atoms with van der Waals surface area (Å²) < 4.78 is 51.7. The number of hydrogen-bond donors (Lipinski definition) is 2. The molecule has 0 aromatic heterocycles. The van der Waals surface area contributed by atoms with Crippen molar-refractivity contribution in [3.63, 3.8) is 0 Å². The number of carboxylic acids is 1. The minimum absolute atomic E-state index is 0.00798. The molecule has 0 unspecified atom stereocenters. The van der Waals surface area contributed by atoms with Gasteiger partial charge in [-0.05, 0) is 65.7 Å². The van der Waals surface area contributed by atoms with Crippen molar-refractivity contribution in [3.8, 4) is 16.9 Å². The van der Waals surface area contributed by atoms with Crippen LogP contribution in [0.4, 0.5) is 18.9 Å². The van der Waals surface area contributed by atoms with E-state index in [1.807, 2.05) is 0 Å². The molecule has 2 fully saturated rings. The number of aromatic carboxylic acids is 1. The average Bonchev–Trinajstić information content (AvgIpc) is 3.31. The van der Waals surface area contributed by atoms with Gasteiger partial charge in [-0.2, -0.15) is 13.2 Å². The lowest BCUT2D eigenvalue weighted by molar-refractivity contribution is -0.137. The van der Waals surface area contributed by atoms with Crippen LogP contribution in [0, 0.1) is 0 Å². The van der Waals surface area contributed by atoms with Crippen LogP contribution >= 0.6 is 35.6 Å². The molecule has 0 saturated carbocycles. The van der Waals surface area contributed by atoms with E-state index in [-0.39, 0.29) is 27.8 Å². The van der Waals surface area contributed by atoms with Crippen molar-refractivity contribution in [2.24, 2.45) is 0 Å². The summed E-state index contributed by atoms with van der Waals surface area (Å²) in [5, 5.41) is 11.3. The van der Waals surface area contributed by atoms with Gasteiger partial charge in [0.05, 0.1) is 34.3 Å². The molecular weight excluding hydrogens is 691 g/mol. The molecule has 15 heteroatoms. The van der Waals surface area contributed by atoms with E-state index in [0.29, 0.717) is 54.5 Å². The van der Waals surface area contributed by atoms with E-state index < -0.39 is 34.5 Å². The number of alkyl halides is 3. The van der Waals surface area contributed by atoms with Gasteiger partial charge >= 0.3 is 12.1 Å². The summed E-state index contributed by atoms with van der Waals surface area (Å²) in [5.41, 5.74) is 1.06. The molecule has 0 radical (unpaired) electrons. The van der Waals surface area contributed by atoms with Gasteiger partial charge in [-0.3, -0.25) is 19.4 Å². The molecule has 3 aromatic rings. The fraction of sp³-hybridized carbons (Fsp3) is 0.273. The van der Waals surface area contributed by atoms with Crippen molar-refractivity contribution in [3.05, 3.63) is 87.3 Å². The maximum absolute atomic E-state index is 13.4. The average molecular weight is 720 g/mol. The normalized spacial score (nSPS) is 16.4. The summed E-state index contributed by atoms with van der Waals surface area (Å²) >= 11 is 12.5. The molecule has 5 rings (SSSR count). The Labute approximate surface area is 288 Å². The standard InChI is InChI=1S/C33H29ClF3N3O6S2/c34-26-18-22(3-7-25(26)33(35,36)37)21-4-8-27(46-16-13-39-11-14-45-15-12-39)23(17-21)19-28-30(42)40(32(47)48-28)10-9-29(41)38-24-5-1-20(2-6-24)31(43)44/h1-8,17-19H,9-16H2,(H,38,41)(H,43,44)/b28-19-. The molecule has 252 valence electrons. The number of anilines is 1. The van der Waals surface area contributed by atoms with Crippen LogP contribution in [0.2, 0.25) is 5.02 Å². The van der Waals surface area contributed by atoms with Crippen LogP contribution < -0.4 is 10.1 Å². The fourth-order valence-corrected chi connectivity index (χ4v) is 6.56. The summed E-state index contributed by atoms with van der Waals surface area (Å²) in [4.78, 5) is 40.9. The minimum Gasteiger partial charge on any atom is -0.492 e. The molecular formula is C33H29ClF3N3O6S2. The highest BCUT2D eigenvalue weighted by atomic mass is 35.5. The molecule has 2 saturated heterocycles. The maximum atomic E-state index is 13.4. The number of nitrogens with zero attached hydrogens (tertiary/aromatic N) is 2. The molecule has 3 aromatic carbocycles. The van der Waals surface area contributed by atoms with Gasteiger partial charge in [-0.15, -0.1) is 0 Å². The number of amides is 2. The van der Waals surface area contributed by atoms with E-state index in [2.05, 4.69) is 10.2 Å². The summed E-state index contributed by atoms with van der Waals surface area (Å²) in [6, 6.07) is 14.3. The topological polar surface area (TPSA) is 108 Å². The number of morpholine rings is 1. The van der Waals surface area contributed by atoms with Gasteiger partial charge in [0.15, 0.2) is 0 Å². The number of carboxylic acid groups (broad SMARTS) is 1. The quantitative estimate of drug-likeness (QED) is 0.166. The van der Waals surface area contributed by atoms with Gasteiger partial charge in [0.2, 0.25) is 5.91 Å². The summed E-state index contributed by atoms with van der Waals surface area (Å²) in [6.07, 6.45) is -3.05. The van der Waals surface area contributed by atoms with E-state index in [1.165, 1.54) is 41.3 Å². The predicted octanol–water partition coefficient (Wildman–Crippen LogP) is 6.67. The van der Waals surface area contributed by atoms with Gasteiger partial charge in [-0.1, -0.05) is 47.7 Å². The molecule has 2 N–H and O–H groups in total. The van der Waals surface area contributed by atoms with Gasteiger partial charge < -0.3 is 19.9 Å². The van der Waals surface area contributed by atoms with E-state index in [0.717, 1.165) is 30.9 Å². The third kappa shape index (κ3) is 8.94. The molecule has 0 spiro atoms. The van der Waals surface area contributed by atoms with Crippen LogP contribution in [-0.2, 0) is 20.5 Å². The monoisotopic (exact) mass is 719 g/mol. The fourth-order valence-electron chi connectivity index (χ4n) is 4.97. The minimum atomic E-state index is -4.60. The first-order valence-corrected chi connectivity index (χ1v) is 16.3. The van der Waals surface area contributed by atoms with Crippen LogP contribution in [0.3, 0.4) is 0 Å². The molecule has 48 heavy (non-hydrogen) atoms. The van der Waals surface area contributed by atoms with Crippen LogP contribution in [0.25, 0.3) is 17.2 Å². The molecule has 0 atom stereocenters. The van der Waals surface area contributed by atoms with Crippen molar-refractivity contribution < 1.29 is 42.1 Å². The summed E-state index contributed by atoms with van der Waals surface area (Å²) in [7, 11) is 0. The Morgan fingerprint density at radius 2 is 1.73 bits per heavy atom. The van der Waals surface area contributed by atoms with Gasteiger partial charge in [0.25, 0.3) is 5.91 Å². The van der Waals surface area contributed by atoms with Crippen molar-refractivity contribution in [2.75, 3.05) is 51.3 Å². The van der Waals surface area contributed by atoms with Gasteiger partial charge in [-0.25, -0.2) is 4.79 Å². The molecule has 2 amide bonds. The highest BCUT2D eigenvalue weighted by molar-refractivity contribution is 8.26. The van der Waals surface area contributed by atoms with Crippen LogP contribution in [0.5, 0.6) is 5.75 Å². The van der Waals surface area contributed by atoms with Crippen LogP contribution in [0.1, 0.15) is 27.9 Å². The summed E-state index contributed by atoms with van der Waals surface area (Å²) in [5.74, 6) is -1.43. The number of carbonyl (C=O) groups is 3. The lowest BCUT2D eigenvalue weighted by Gasteiger charge is -2.26. The van der Waals surface area contributed by atoms with Gasteiger partial charge in [0, 0.05) is 43.9 Å². The molecule has 2 aliphatic heterocycles. The van der Waals surface area contributed by atoms with Crippen molar-refractivity contribution in [2.45, 2.75) is 12.6 Å². The van der Waals surface area contributed by atoms with Crippen LogP contribution in [-0.4, -0.2) is 83.0 Å². The Morgan fingerprint density at radius 3 is 2.40 bits per heavy atom. The molecule has 0 bridgehead atoms. The zero-order valence-electron chi connectivity index (χ0n) is 25.2.